The highest BCUT2D eigenvalue weighted by Crippen LogP contribution is 2.41. The zero-order valence-electron chi connectivity index (χ0n) is 20.2. The minimum Gasteiger partial charge on any atom is -0.449 e. The summed E-state index contributed by atoms with van der Waals surface area (Å²) in [6, 6.07) is 38.8. The molecule has 0 amide bonds. The molecular formula is C31H32O3. The lowest BCUT2D eigenvalue weighted by molar-refractivity contribution is 0.144. The van der Waals surface area contributed by atoms with Crippen LogP contribution in [-0.4, -0.2) is 11.3 Å². The zero-order chi connectivity index (χ0) is 24.6. The third-order valence-electron chi connectivity index (χ3n) is 6.21. The van der Waals surface area contributed by atoms with Crippen LogP contribution in [0.4, 0.5) is 4.79 Å². The van der Waals surface area contributed by atoms with E-state index in [1.54, 1.807) is 30.3 Å². The van der Waals surface area contributed by atoms with Crippen molar-refractivity contribution in [2.45, 2.75) is 38.5 Å². The number of hydrogen-bond donors (Lipinski definition) is 1. The molecule has 4 aromatic carbocycles. The normalized spacial score (nSPS) is 11.2. The highest BCUT2D eigenvalue weighted by molar-refractivity contribution is 5.60. The summed E-state index contributed by atoms with van der Waals surface area (Å²) in [6.45, 7) is 9.29. The van der Waals surface area contributed by atoms with Crippen molar-refractivity contribution in [3.8, 4) is 5.75 Å². The van der Waals surface area contributed by atoms with Crippen molar-refractivity contribution < 1.29 is 14.6 Å². The Morgan fingerprint density at radius 2 is 0.882 bits per heavy atom. The smallest absolute Gasteiger partial charge is 0.449 e. The fourth-order valence-corrected chi connectivity index (χ4v) is 4.18. The van der Waals surface area contributed by atoms with E-state index in [0.29, 0.717) is 5.75 Å². The van der Waals surface area contributed by atoms with Gasteiger partial charge in [0.25, 0.3) is 0 Å². The highest BCUT2D eigenvalue weighted by atomic mass is 16.7. The van der Waals surface area contributed by atoms with Crippen LogP contribution in [0.5, 0.6) is 5.75 Å². The van der Waals surface area contributed by atoms with Crippen LogP contribution < -0.4 is 4.74 Å². The molecule has 0 aromatic heterocycles. The van der Waals surface area contributed by atoms with E-state index in [2.05, 4.69) is 117 Å². The molecule has 0 atom stereocenters. The number of carboxylic acid groups (broad SMARTS) is 1. The molecule has 0 aliphatic carbocycles. The Bertz CT molecular complexity index is 1110. The first-order valence-corrected chi connectivity index (χ1v) is 11.4. The SMILES string of the molecule is CC(C)(c1ccccc1)c1ccccc1C(C)(C)c1ccccc1.O=C(O)Oc1ccccc1. The maximum absolute atomic E-state index is 9.95. The van der Waals surface area contributed by atoms with Crippen molar-refractivity contribution in [2.75, 3.05) is 0 Å². The lowest BCUT2D eigenvalue weighted by atomic mass is 9.68. The highest BCUT2D eigenvalue weighted by Gasteiger charge is 2.32. The van der Waals surface area contributed by atoms with Gasteiger partial charge in [-0.3, -0.25) is 0 Å². The second-order valence-corrected chi connectivity index (χ2v) is 9.21. The average molecular weight is 453 g/mol. The predicted molar refractivity (Wildman–Crippen MR) is 139 cm³/mol. The summed E-state index contributed by atoms with van der Waals surface area (Å²) in [5.41, 5.74) is 5.41. The third-order valence-corrected chi connectivity index (χ3v) is 6.21. The summed E-state index contributed by atoms with van der Waals surface area (Å²) in [7, 11) is 0. The molecule has 174 valence electrons. The molecular weight excluding hydrogens is 420 g/mol. The van der Waals surface area contributed by atoms with Crippen LogP contribution in [0.1, 0.15) is 49.9 Å². The summed E-state index contributed by atoms with van der Waals surface area (Å²) >= 11 is 0. The quantitative estimate of drug-likeness (QED) is 0.246. The third kappa shape index (κ3) is 5.93. The van der Waals surface area contributed by atoms with Crippen molar-refractivity contribution in [1.82, 2.24) is 0 Å². The molecule has 0 radical (unpaired) electrons. The molecule has 0 fully saturated rings. The first-order valence-electron chi connectivity index (χ1n) is 11.4. The summed E-state index contributed by atoms with van der Waals surface area (Å²) < 4.78 is 4.33. The summed E-state index contributed by atoms with van der Waals surface area (Å²) in [6.07, 6.45) is -1.29. The molecule has 0 saturated heterocycles. The van der Waals surface area contributed by atoms with Crippen LogP contribution in [0.15, 0.2) is 115 Å². The van der Waals surface area contributed by atoms with Gasteiger partial charge in [0.05, 0.1) is 0 Å². The van der Waals surface area contributed by atoms with E-state index in [-0.39, 0.29) is 10.8 Å². The molecule has 34 heavy (non-hydrogen) atoms. The molecule has 0 aliphatic rings. The Balaban J connectivity index is 0.000000271. The lowest BCUT2D eigenvalue weighted by Crippen LogP contribution is -2.28. The topological polar surface area (TPSA) is 46.5 Å². The summed E-state index contributed by atoms with van der Waals surface area (Å²) in [4.78, 5) is 9.95. The summed E-state index contributed by atoms with van der Waals surface area (Å²) in [5, 5.41) is 8.14. The molecule has 0 bridgehead atoms. The van der Waals surface area contributed by atoms with Crippen LogP contribution in [0.25, 0.3) is 0 Å². The van der Waals surface area contributed by atoms with E-state index in [4.69, 9.17) is 5.11 Å². The second kappa shape index (κ2) is 10.8. The number of carbonyl (C=O) groups is 1. The molecule has 4 rings (SSSR count). The van der Waals surface area contributed by atoms with Gasteiger partial charge >= 0.3 is 6.16 Å². The van der Waals surface area contributed by atoms with Crippen molar-refractivity contribution in [1.29, 1.82) is 0 Å². The number of rotatable bonds is 5. The van der Waals surface area contributed by atoms with Gasteiger partial charge in [0.15, 0.2) is 0 Å². The molecule has 0 heterocycles. The Morgan fingerprint density at radius 1 is 0.559 bits per heavy atom. The molecule has 3 heteroatoms. The summed E-state index contributed by atoms with van der Waals surface area (Å²) in [5.74, 6) is 0.343. The fourth-order valence-electron chi connectivity index (χ4n) is 4.18. The standard InChI is InChI=1S/C24H26.C7H6O3/c1-23(2,19-13-7-5-8-14-19)21-17-11-12-18-22(21)24(3,4)20-15-9-6-10-16-20;8-7(9)10-6-4-2-1-3-5-6/h5-18H,1-4H3;1-5H,(H,8,9). The maximum atomic E-state index is 9.95. The van der Waals surface area contributed by atoms with Gasteiger partial charge in [0.2, 0.25) is 0 Å². The minimum atomic E-state index is -1.29. The van der Waals surface area contributed by atoms with Gasteiger partial charge in [-0.2, -0.15) is 0 Å². The molecule has 1 N–H and O–H groups in total. The van der Waals surface area contributed by atoms with Crippen LogP contribution in [-0.2, 0) is 10.8 Å². The van der Waals surface area contributed by atoms with Crippen molar-refractivity contribution in [2.24, 2.45) is 0 Å². The van der Waals surface area contributed by atoms with Gasteiger partial charge in [-0.25, -0.2) is 4.79 Å². The van der Waals surface area contributed by atoms with Crippen molar-refractivity contribution in [3.63, 3.8) is 0 Å². The van der Waals surface area contributed by atoms with Crippen LogP contribution in [0.2, 0.25) is 0 Å². The van der Waals surface area contributed by atoms with E-state index < -0.39 is 6.16 Å². The van der Waals surface area contributed by atoms with E-state index in [9.17, 15) is 4.79 Å². The largest absolute Gasteiger partial charge is 0.511 e. The molecule has 4 aromatic rings. The first kappa shape index (κ1) is 24.8. The van der Waals surface area contributed by atoms with Crippen LogP contribution in [0, 0.1) is 0 Å². The van der Waals surface area contributed by atoms with E-state index in [1.165, 1.54) is 22.3 Å². The second-order valence-electron chi connectivity index (χ2n) is 9.21. The molecule has 3 nitrogen and oxygen atoms in total. The van der Waals surface area contributed by atoms with Gasteiger partial charge < -0.3 is 9.84 Å². The fraction of sp³-hybridized carbons (Fsp3) is 0.194. The molecule has 0 spiro atoms. The van der Waals surface area contributed by atoms with E-state index >= 15 is 0 Å². The zero-order valence-corrected chi connectivity index (χ0v) is 20.2. The predicted octanol–water partition coefficient (Wildman–Crippen LogP) is 8.08. The van der Waals surface area contributed by atoms with E-state index in [1.807, 2.05) is 0 Å². The number of ether oxygens (including phenoxy) is 1. The Labute approximate surface area is 202 Å². The van der Waals surface area contributed by atoms with E-state index in [0.717, 1.165) is 0 Å². The van der Waals surface area contributed by atoms with Crippen molar-refractivity contribution >= 4 is 6.16 Å². The van der Waals surface area contributed by atoms with Gasteiger partial charge in [-0.15, -0.1) is 0 Å². The number of para-hydroxylation sites is 1. The maximum Gasteiger partial charge on any atom is 0.511 e. The first-order chi connectivity index (χ1) is 16.2. The van der Waals surface area contributed by atoms with Gasteiger partial charge in [-0.05, 0) is 34.4 Å². The molecule has 0 saturated carbocycles. The van der Waals surface area contributed by atoms with Crippen LogP contribution >= 0.6 is 0 Å². The molecule has 0 aliphatic heterocycles. The lowest BCUT2D eigenvalue weighted by Gasteiger charge is -2.35. The Hall–Kier alpha value is -3.85. The molecule has 0 unspecified atom stereocenters. The minimum absolute atomic E-state index is 0.0378. The Morgan fingerprint density at radius 3 is 1.24 bits per heavy atom. The van der Waals surface area contributed by atoms with Gasteiger partial charge in [0.1, 0.15) is 5.75 Å². The number of hydrogen-bond acceptors (Lipinski definition) is 2. The monoisotopic (exact) mass is 452 g/mol. The van der Waals surface area contributed by atoms with Gasteiger partial charge in [-0.1, -0.05) is 131 Å². The number of benzene rings is 4. The van der Waals surface area contributed by atoms with Crippen molar-refractivity contribution in [3.05, 3.63) is 138 Å². The van der Waals surface area contributed by atoms with Crippen LogP contribution in [0.3, 0.4) is 0 Å². The van der Waals surface area contributed by atoms with Gasteiger partial charge in [0, 0.05) is 10.8 Å². The average Bonchev–Trinajstić information content (AvgIpc) is 2.86. The Kier molecular flexibility index (Phi) is 7.91.